The van der Waals surface area contributed by atoms with E-state index in [9.17, 15) is 9.59 Å². The molecule has 0 aliphatic carbocycles. The molecule has 0 aliphatic heterocycles. The molecule has 2 rings (SSSR count). The maximum absolute atomic E-state index is 12.2. The number of hydrogen-bond donors (Lipinski definition) is 2. The van der Waals surface area contributed by atoms with E-state index in [-0.39, 0.29) is 23.0 Å². The minimum Gasteiger partial charge on any atom is -0.272 e. The summed E-state index contributed by atoms with van der Waals surface area (Å²) in [5.41, 5.74) is 5.42. The maximum Gasteiger partial charge on any atom is 0.281 e. The van der Waals surface area contributed by atoms with Crippen LogP contribution in [-0.2, 0) is 10.2 Å². The first-order chi connectivity index (χ1) is 11.7. The molecule has 0 atom stereocenters. The molecule has 8 heteroatoms. The van der Waals surface area contributed by atoms with Gasteiger partial charge in [0, 0.05) is 15.3 Å². The van der Waals surface area contributed by atoms with E-state index in [2.05, 4.69) is 15.8 Å². The van der Waals surface area contributed by atoms with Crippen LogP contribution in [0.25, 0.3) is 0 Å². The van der Waals surface area contributed by atoms with Gasteiger partial charge in [0.2, 0.25) is 5.91 Å². The Kier molecular flexibility index (Phi) is 6.48. The third kappa shape index (κ3) is 5.73. The number of hydrazine groups is 1. The Balaban J connectivity index is 1.86. The summed E-state index contributed by atoms with van der Waals surface area (Å²) in [6.45, 7) is 7.92. The van der Waals surface area contributed by atoms with E-state index in [0.29, 0.717) is 15.6 Å². The summed E-state index contributed by atoms with van der Waals surface area (Å²) < 4.78 is 0. The number of carbonyl (C=O) groups excluding carboxylic acids is 2. The zero-order valence-electron chi connectivity index (χ0n) is 14.5. The Morgan fingerprint density at radius 1 is 1.20 bits per heavy atom. The molecular formula is C17H20ClN3O2S2. The normalized spacial score (nSPS) is 11.2. The molecule has 2 aromatic rings. The molecule has 134 valence electrons. The third-order valence-electron chi connectivity index (χ3n) is 3.14. The number of carbonyl (C=O) groups is 2. The van der Waals surface area contributed by atoms with Crippen molar-refractivity contribution >= 4 is 46.5 Å². The quantitative estimate of drug-likeness (QED) is 0.605. The molecule has 2 N–H and O–H groups in total. The van der Waals surface area contributed by atoms with Crippen LogP contribution in [0, 0.1) is 6.92 Å². The zero-order valence-corrected chi connectivity index (χ0v) is 16.9. The van der Waals surface area contributed by atoms with Gasteiger partial charge in [-0.15, -0.1) is 23.1 Å². The molecule has 0 spiro atoms. The van der Waals surface area contributed by atoms with Crippen LogP contribution < -0.4 is 10.9 Å². The zero-order chi connectivity index (χ0) is 18.6. The number of hydrogen-bond acceptors (Lipinski definition) is 5. The predicted molar refractivity (Wildman–Crippen MR) is 103 cm³/mol. The molecule has 0 unspecified atom stereocenters. The fourth-order valence-corrected chi connectivity index (χ4v) is 3.67. The second-order valence-corrected chi connectivity index (χ2v) is 8.91. The van der Waals surface area contributed by atoms with Gasteiger partial charge in [-0.25, -0.2) is 4.98 Å². The number of nitrogens with one attached hydrogen (secondary N) is 2. The minimum absolute atomic E-state index is 0.119. The van der Waals surface area contributed by atoms with E-state index < -0.39 is 0 Å². The van der Waals surface area contributed by atoms with Crippen molar-refractivity contribution in [1.29, 1.82) is 0 Å². The highest BCUT2D eigenvalue weighted by atomic mass is 35.5. The van der Waals surface area contributed by atoms with Crippen LogP contribution in [0.3, 0.4) is 0 Å². The molecule has 5 nitrogen and oxygen atoms in total. The number of amides is 2. The fourth-order valence-electron chi connectivity index (χ4n) is 1.83. The van der Waals surface area contributed by atoms with Gasteiger partial charge >= 0.3 is 0 Å². The Morgan fingerprint density at radius 3 is 2.40 bits per heavy atom. The van der Waals surface area contributed by atoms with E-state index >= 15 is 0 Å². The van der Waals surface area contributed by atoms with Crippen molar-refractivity contribution in [3.05, 3.63) is 44.9 Å². The van der Waals surface area contributed by atoms with Gasteiger partial charge in [0.1, 0.15) is 4.88 Å². The van der Waals surface area contributed by atoms with Crippen molar-refractivity contribution in [3.63, 3.8) is 0 Å². The van der Waals surface area contributed by atoms with Gasteiger partial charge < -0.3 is 0 Å². The van der Waals surface area contributed by atoms with Crippen molar-refractivity contribution in [2.75, 3.05) is 5.75 Å². The number of thioether (sulfide) groups is 1. The molecule has 1 aromatic heterocycles. The summed E-state index contributed by atoms with van der Waals surface area (Å²) in [6, 6.07) is 7.22. The molecule has 1 heterocycles. The lowest BCUT2D eigenvalue weighted by Crippen LogP contribution is -2.42. The molecule has 0 bridgehead atoms. The van der Waals surface area contributed by atoms with Crippen molar-refractivity contribution in [2.24, 2.45) is 0 Å². The number of halogens is 1. The molecule has 0 radical (unpaired) electrons. The van der Waals surface area contributed by atoms with E-state index in [0.717, 1.165) is 9.90 Å². The van der Waals surface area contributed by atoms with Crippen molar-refractivity contribution in [1.82, 2.24) is 15.8 Å². The molecule has 2 amide bonds. The topological polar surface area (TPSA) is 71.1 Å². The Bertz CT molecular complexity index is 767. The first-order valence-corrected chi connectivity index (χ1v) is 9.80. The van der Waals surface area contributed by atoms with Crippen LogP contribution in [0.1, 0.15) is 41.1 Å². The number of nitrogens with zero attached hydrogens (tertiary/aromatic N) is 1. The highest BCUT2D eigenvalue weighted by molar-refractivity contribution is 8.00. The van der Waals surface area contributed by atoms with Crippen LogP contribution in [0.2, 0.25) is 5.02 Å². The molecule has 0 saturated carbocycles. The third-order valence-corrected chi connectivity index (χ3v) is 5.99. The standard InChI is InChI=1S/C17H20ClN3O2S2/c1-10-14(25-16(19-10)17(2,3)4)15(23)21-20-13(22)9-24-12-7-5-11(18)6-8-12/h5-8H,9H2,1-4H3,(H,20,22)(H,21,23). The molecule has 25 heavy (non-hydrogen) atoms. The largest absolute Gasteiger partial charge is 0.281 e. The van der Waals surface area contributed by atoms with Gasteiger partial charge in [-0.05, 0) is 31.2 Å². The number of thiazole rings is 1. The monoisotopic (exact) mass is 397 g/mol. The van der Waals surface area contributed by atoms with Gasteiger partial charge in [-0.1, -0.05) is 32.4 Å². The van der Waals surface area contributed by atoms with Crippen molar-refractivity contribution in [3.8, 4) is 0 Å². The molecule has 0 fully saturated rings. The van der Waals surface area contributed by atoms with E-state index in [1.54, 1.807) is 19.1 Å². The van der Waals surface area contributed by atoms with Crippen LogP contribution in [0.5, 0.6) is 0 Å². The highest BCUT2D eigenvalue weighted by Gasteiger charge is 2.23. The van der Waals surface area contributed by atoms with E-state index in [4.69, 9.17) is 11.6 Å². The van der Waals surface area contributed by atoms with E-state index in [1.165, 1.54) is 23.1 Å². The van der Waals surface area contributed by atoms with Gasteiger partial charge in [0.05, 0.1) is 16.5 Å². The van der Waals surface area contributed by atoms with Crippen molar-refractivity contribution in [2.45, 2.75) is 38.0 Å². The first kappa shape index (κ1) is 19.8. The number of aromatic nitrogens is 1. The van der Waals surface area contributed by atoms with Crippen LogP contribution in [0.15, 0.2) is 29.2 Å². The first-order valence-electron chi connectivity index (χ1n) is 7.62. The average molecular weight is 398 g/mol. The number of benzene rings is 1. The lowest BCUT2D eigenvalue weighted by atomic mass is 9.98. The van der Waals surface area contributed by atoms with Gasteiger partial charge in [0.15, 0.2) is 0 Å². The molecule has 0 saturated heterocycles. The van der Waals surface area contributed by atoms with Gasteiger partial charge in [0.25, 0.3) is 5.91 Å². The van der Waals surface area contributed by atoms with Crippen LogP contribution in [0.4, 0.5) is 0 Å². The van der Waals surface area contributed by atoms with Crippen molar-refractivity contribution < 1.29 is 9.59 Å². The second-order valence-electron chi connectivity index (χ2n) is 6.43. The number of aryl methyl sites for hydroxylation is 1. The Morgan fingerprint density at radius 2 is 1.84 bits per heavy atom. The number of rotatable bonds is 4. The predicted octanol–water partition coefficient (Wildman–Crippen LogP) is 3.96. The smallest absolute Gasteiger partial charge is 0.272 e. The lowest BCUT2D eigenvalue weighted by Gasteiger charge is -2.13. The van der Waals surface area contributed by atoms with Crippen LogP contribution in [-0.4, -0.2) is 22.6 Å². The lowest BCUT2D eigenvalue weighted by molar-refractivity contribution is -0.119. The minimum atomic E-state index is -0.352. The SMILES string of the molecule is Cc1nc(C(C)(C)C)sc1C(=O)NNC(=O)CSc1ccc(Cl)cc1. The summed E-state index contributed by atoms with van der Waals surface area (Å²) in [5.74, 6) is -0.446. The second kappa shape index (κ2) is 8.21. The Labute approximate surface area is 160 Å². The summed E-state index contributed by atoms with van der Waals surface area (Å²) in [4.78, 5) is 30.0. The van der Waals surface area contributed by atoms with Gasteiger partial charge in [-0.2, -0.15) is 0 Å². The molecule has 0 aliphatic rings. The molecule has 1 aromatic carbocycles. The maximum atomic E-state index is 12.2. The summed E-state index contributed by atoms with van der Waals surface area (Å²) in [7, 11) is 0. The summed E-state index contributed by atoms with van der Waals surface area (Å²) in [6.07, 6.45) is 0. The highest BCUT2D eigenvalue weighted by Crippen LogP contribution is 2.29. The summed E-state index contributed by atoms with van der Waals surface area (Å²) in [5, 5.41) is 1.54. The average Bonchev–Trinajstić information content (AvgIpc) is 2.94. The summed E-state index contributed by atoms with van der Waals surface area (Å²) >= 11 is 8.53. The van der Waals surface area contributed by atoms with Gasteiger partial charge in [-0.3, -0.25) is 20.4 Å². The fraction of sp³-hybridized carbons (Fsp3) is 0.353. The molecular weight excluding hydrogens is 378 g/mol. The van der Waals surface area contributed by atoms with Crippen LogP contribution >= 0.6 is 34.7 Å². The Hall–Kier alpha value is -1.57. The van der Waals surface area contributed by atoms with E-state index in [1.807, 2.05) is 32.9 Å².